The third kappa shape index (κ3) is 1.81. The van der Waals surface area contributed by atoms with E-state index >= 15 is 0 Å². The quantitative estimate of drug-likeness (QED) is 0.729. The summed E-state index contributed by atoms with van der Waals surface area (Å²) in [6, 6.07) is 1.75. The molecule has 0 amide bonds. The van der Waals surface area contributed by atoms with Gasteiger partial charge in [0.05, 0.1) is 18.4 Å². The van der Waals surface area contributed by atoms with Crippen molar-refractivity contribution in [1.82, 2.24) is 14.8 Å². The van der Waals surface area contributed by atoms with Gasteiger partial charge in [-0.15, -0.1) is 5.10 Å². The maximum Gasteiger partial charge on any atom is 0.378 e. The highest BCUT2D eigenvalue weighted by atomic mass is 16.5. The van der Waals surface area contributed by atoms with E-state index in [1.54, 1.807) is 26.3 Å². The molecule has 0 saturated heterocycles. The van der Waals surface area contributed by atoms with Gasteiger partial charge in [0.15, 0.2) is 5.82 Å². The van der Waals surface area contributed by atoms with Gasteiger partial charge in [-0.1, -0.05) is 0 Å². The fourth-order valence-corrected chi connectivity index (χ4v) is 1.31. The summed E-state index contributed by atoms with van der Waals surface area (Å²) in [7, 11) is 1.71. The molecule has 0 saturated carbocycles. The zero-order chi connectivity index (χ0) is 11.5. The first-order valence-electron chi connectivity index (χ1n) is 4.83. The second-order valence-corrected chi connectivity index (χ2v) is 3.12. The lowest BCUT2D eigenvalue weighted by Gasteiger charge is -1.94. The summed E-state index contributed by atoms with van der Waals surface area (Å²) in [6.45, 7) is 2.04. The number of carbonyl (C=O) groups is 1. The molecule has 0 unspecified atom stereocenters. The highest BCUT2D eigenvalue weighted by Gasteiger charge is 2.17. The second kappa shape index (κ2) is 4.18. The van der Waals surface area contributed by atoms with Crippen molar-refractivity contribution in [3.05, 3.63) is 24.4 Å². The minimum atomic E-state index is -0.521. The molecule has 16 heavy (non-hydrogen) atoms. The molecule has 6 heteroatoms. The first kappa shape index (κ1) is 10.4. The number of aryl methyl sites for hydroxylation is 1. The van der Waals surface area contributed by atoms with E-state index in [0.29, 0.717) is 12.4 Å². The zero-order valence-corrected chi connectivity index (χ0v) is 9.01. The Bertz CT molecular complexity index is 487. The number of ether oxygens (including phenoxy) is 1. The van der Waals surface area contributed by atoms with Crippen LogP contribution in [0.1, 0.15) is 17.5 Å². The Morgan fingerprint density at radius 1 is 1.62 bits per heavy atom. The van der Waals surface area contributed by atoms with Crippen molar-refractivity contribution < 1.29 is 13.9 Å². The number of hydrogen-bond donors (Lipinski definition) is 0. The van der Waals surface area contributed by atoms with Crippen LogP contribution in [0, 0.1) is 0 Å². The molecule has 0 N–H and O–H groups in total. The van der Waals surface area contributed by atoms with E-state index in [4.69, 9.17) is 9.15 Å². The van der Waals surface area contributed by atoms with Crippen molar-refractivity contribution in [2.45, 2.75) is 6.92 Å². The number of hydrogen-bond acceptors (Lipinski definition) is 5. The molecule has 2 aromatic heterocycles. The van der Waals surface area contributed by atoms with Crippen molar-refractivity contribution in [3.8, 4) is 11.4 Å². The number of aromatic nitrogens is 3. The van der Waals surface area contributed by atoms with Crippen molar-refractivity contribution >= 4 is 5.97 Å². The van der Waals surface area contributed by atoms with Gasteiger partial charge in [0.2, 0.25) is 0 Å². The lowest BCUT2D eigenvalue weighted by Crippen LogP contribution is -2.07. The molecule has 0 radical (unpaired) electrons. The number of esters is 1. The maximum atomic E-state index is 11.4. The van der Waals surface area contributed by atoms with Gasteiger partial charge < -0.3 is 9.15 Å². The van der Waals surface area contributed by atoms with E-state index in [9.17, 15) is 4.79 Å². The van der Waals surface area contributed by atoms with Gasteiger partial charge in [-0.2, -0.15) is 0 Å². The summed E-state index contributed by atoms with van der Waals surface area (Å²) >= 11 is 0. The zero-order valence-electron chi connectivity index (χ0n) is 9.01. The molecular weight excluding hydrogens is 210 g/mol. The molecule has 0 bridgehead atoms. The third-order valence-electron chi connectivity index (χ3n) is 2.00. The van der Waals surface area contributed by atoms with Crippen molar-refractivity contribution in [2.24, 2.45) is 7.05 Å². The third-order valence-corrected chi connectivity index (χ3v) is 2.00. The summed E-state index contributed by atoms with van der Waals surface area (Å²) < 4.78 is 11.3. The SMILES string of the molecule is CCOC(=O)c1nc(-c2ccoc2)n(C)n1. The Kier molecular flexibility index (Phi) is 2.72. The minimum Gasteiger partial charge on any atom is -0.472 e. The van der Waals surface area contributed by atoms with Crippen LogP contribution in [0.4, 0.5) is 0 Å². The van der Waals surface area contributed by atoms with Gasteiger partial charge in [-0.05, 0) is 13.0 Å². The predicted octanol–water partition coefficient (Wildman–Crippen LogP) is 1.25. The largest absolute Gasteiger partial charge is 0.472 e. The van der Waals surface area contributed by atoms with Gasteiger partial charge in [0.25, 0.3) is 5.82 Å². The Labute approximate surface area is 91.8 Å². The minimum absolute atomic E-state index is 0.0561. The van der Waals surface area contributed by atoms with Crippen LogP contribution in [0.15, 0.2) is 23.0 Å². The Morgan fingerprint density at radius 3 is 3.06 bits per heavy atom. The fraction of sp³-hybridized carbons (Fsp3) is 0.300. The smallest absolute Gasteiger partial charge is 0.378 e. The van der Waals surface area contributed by atoms with Gasteiger partial charge in [-0.25, -0.2) is 14.5 Å². The maximum absolute atomic E-state index is 11.4. The number of nitrogens with zero attached hydrogens (tertiary/aromatic N) is 3. The van der Waals surface area contributed by atoms with E-state index in [2.05, 4.69) is 10.1 Å². The second-order valence-electron chi connectivity index (χ2n) is 3.12. The lowest BCUT2D eigenvalue weighted by molar-refractivity contribution is 0.0512. The molecule has 2 heterocycles. The average molecular weight is 221 g/mol. The van der Waals surface area contributed by atoms with Gasteiger partial charge in [0.1, 0.15) is 6.26 Å². The molecule has 0 aromatic carbocycles. The number of rotatable bonds is 3. The monoisotopic (exact) mass is 221 g/mol. The van der Waals surface area contributed by atoms with Crippen molar-refractivity contribution in [1.29, 1.82) is 0 Å². The van der Waals surface area contributed by atoms with E-state index in [0.717, 1.165) is 5.56 Å². The molecule has 0 aliphatic rings. The predicted molar refractivity (Wildman–Crippen MR) is 54.7 cm³/mol. The molecule has 0 aliphatic carbocycles. The highest BCUT2D eigenvalue weighted by molar-refractivity contribution is 5.85. The van der Waals surface area contributed by atoms with E-state index < -0.39 is 5.97 Å². The number of carbonyl (C=O) groups excluding carboxylic acids is 1. The summed E-state index contributed by atoms with van der Waals surface area (Å²) in [5.41, 5.74) is 0.769. The lowest BCUT2D eigenvalue weighted by atomic mass is 10.3. The van der Waals surface area contributed by atoms with E-state index in [1.165, 1.54) is 10.9 Å². The van der Waals surface area contributed by atoms with Gasteiger partial charge >= 0.3 is 5.97 Å². The molecule has 0 atom stereocenters. The summed E-state index contributed by atoms with van der Waals surface area (Å²) in [5.74, 6) is 0.102. The normalized spacial score (nSPS) is 10.4. The van der Waals surface area contributed by atoms with Crippen LogP contribution >= 0.6 is 0 Å². The van der Waals surface area contributed by atoms with E-state index in [1.807, 2.05) is 0 Å². The Hall–Kier alpha value is -2.11. The van der Waals surface area contributed by atoms with Crippen LogP contribution < -0.4 is 0 Å². The summed E-state index contributed by atoms with van der Waals surface area (Å²) in [6.07, 6.45) is 3.08. The molecule has 84 valence electrons. The molecule has 0 aliphatic heterocycles. The number of furan rings is 1. The Balaban J connectivity index is 2.32. The summed E-state index contributed by atoms with van der Waals surface area (Å²) in [4.78, 5) is 15.5. The van der Waals surface area contributed by atoms with Crippen LogP contribution in [-0.4, -0.2) is 27.3 Å². The van der Waals surface area contributed by atoms with Crippen molar-refractivity contribution in [2.75, 3.05) is 6.61 Å². The topological polar surface area (TPSA) is 70.2 Å². The van der Waals surface area contributed by atoms with Gasteiger partial charge in [-0.3, -0.25) is 0 Å². The fourth-order valence-electron chi connectivity index (χ4n) is 1.31. The molecular formula is C10H11N3O3. The summed E-state index contributed by atoms with van der Waals surface area (Å²) in [5, 5.41) is 3.97. The van der Waals surface area contributed by atoms with Crippen LogP contribution in [0.25, 0.3) is 11.4 Å². The van der Waals surface area contributed by atoms with E-state index in [-0.39, 0.29) is 5.82 Å². The highest BCUT2D eigenvalue weighted by Crippen LogP contribution is 2.16. The molecule has 2 rings (SSSR count). The Morgan fingerprint density at radius 2 is 2.44 bits per heavy atom. The van der Waals surface area contributed by atoms with Crippen LogP contribution in [0.3, 0.4) is 0 Å². The first-order chi connectivity index (χ1) is 7.72. The molecule has 6 nitrogen and oxygen atoms in total. The average Bonchev–Trinajstić information content (AvgIpc) is 2.86. The van der Waals surface area contributed by atoms with Crippen molar-refractivity contribution in [3.63, 3.8) is 0 Å². The first-order valence-corrected chi connectivity index (χ1v) is 4.83. The van der Waals surface area contributed by atoms with Gasteiger partial charge in [0, 0.05) is 7.05 Å². The molecule has 2 aromatic rings. The van der Waals surface area contributed by atoms with Crippen LogP contribution in [0.5, 0.6) is 0 Å². The van der Waals surface area contributed by atoms with Crippen LogP contribution in [-0.2, 0) is 11.8 Å². The molecule has 0 spiro atoms. The van der Waals surface area contributed by atoms with Crippen LogP contribution in [0.2, 0.25) is 0 Å². The standard InChI is InChI=1S/C10H11N3O3/c1-3-16-10(14)8-11-9(13(2)12-8)7-4-5-15-6-7/h4-6H,3H2,1-2H3. The molecule has 0 fully saturated rings.